The zero-order valence-electron chi connectivity index (χ0n) is 20.6. The van der Waals surface area contributed by atoms with Gasteiger partial charge in [-0.1, -0.05) is 31.6 Å². The molecular weight excluding hydrogens is 490 g/mol. The Bertz CT molecular complexity index is 995. The monoisotopic (exact) mass is 523 g/mol. The van der Waals surface area contributed by atoms with Gasteiger partial charge in [0.25, 0.3) is 5.19 Å². The third-order valence-corrected chi connectivity index (χ3v) is 8.65. The number of nitrogens with zero attached hydrogens (tertiary/aromatic N) is 3. The molecule has 2 saturated heterocycles. The van der Waals surface area contributed by atoms with Crippen LogP contribution in [0.1, 0.15) is 56.5 Å². The average molecular weight is 524 g/mol. The summed E-state index contributed by atoms with van der Waals surface area (Å²) in [5.74, 6) is -6.33. The van der Waals surface area contributed by atoms with Crippen LogP contribution in [0.5, 0.6) is 5.19 Å². The molecule has 1 amide bonds. The number of ether oxygens (including phenoxy) is 3. The van der Waals surface area contributed by atoms with Crippen molar-refractivity contribution in [2.24, 2.45) is 5.92 Å². The Balaban J connectivity index is 1.25. The molecule has 2 atom stereocenters. The molecule has 12 heteroatoms. The van der Waals surface area contributed by atoms with Crippen LogP contribution in [0.2, 0.25) is 0 Å². The second kappa shape index (κ2) is 9.88. The van der Waals surface area contributed by atoms with Crippen LogP contribution in [0, 0.1) is 5.92 Å². The number of thiazole rings is 1. The summed E-state index contributed by atoms with van der Waals surface area (Å²) in [6, 6.07) is 0.745. The van der Waals surface area contributed by atoms with Crippen LogP contribution in [-0.4, -0.2) is 92.6 Å². The van der Waals surface area contributed by atoms with Crippen LogP contribution >= 0.6 is 11.3 Å². The maximum absolute atomic E-state index is 13.6. The third kappa shape index (κ3) is 4.59. The fraction of sp³-hybridized carbons (Fsp3) is 0.750. The molecule has 5 rings (SSSR count). The zero-order valence-corrected chi connectivity index (χ0v) is 21.4. The lowest BCUT2D eigenvalue weighted by Crippen LogP contribution is -2.57. The molecule has 0 bridgehead atoms. The van der Waals surface area contributed by atoms with E-state index < -0.39 is 41.8 Å². The number of carbonyl (C=O) groups is 3. The summed E-state index contributed by atoms with van der Waals surface area (Å²) in [5, 5.41) is 20.3. The summed E-state index contributed by atoms with van der Waals surface area (Å²) < 4.78 is 16.7. The summed E-state index contributed by atoms with van der Waals surface area (Å²) in [6.07, 6.45) is 2.23. The number of carbonyl (C=O) groups excluding carboxylic acids is 3. The molecular formula is C24H33N3O8S. The van der Waals surface area contributed by atoms with Crippen molar-refractivity contribution in [2.75, 3.05) is 19.6 Å². The Morgan fingerprint density at radius 2 is 1.72 bits per heavy atom. The summed E-state index contributed by atoms with van der Waals surface area (Å²) in [6.45, 7) is 5.69. The van der Waals surface area contributed by atoms with Gasteiger partial charge in [-0.15, -0.1) is 0 Å². The van der Waals surface area contributed by atoms with E-state index >= 15 is 0 Å². The van der Waals surface area contributed by atoms with Gasteiger partial charge in [-0.2, -0.15) is 0 Å². The Hall–Kier alpha value is -2.28. The minimum Gasteiger partial charge on any atom is -0.467 e. The van der Waals surface area contributed by atoms with Gasteiger partial charge in [0.15, 0.2) is 12.2 Å². The number of aliphatic hydroxyl groups excluding tert-OH is 2. The molecule has 1 aromatic heterocycles. The third-order valence-electron chi connectivity index (χ3n) is 7.68. The molecule has 2 N–H and O–H groups in total. The Kier molecular flexibility index (Phi) is 6.96. The zero-order chi connectivity index (χ0) is 25.6. The Morgan fingerprint density at radius 3 is 2.28 bits per heavy atom. The molecule has 1 saturated carbocycles. The average Bonchev–Trinajstić information content (AvgIpc) is 3.19. The van der Waals surface area contributed by atoms with Crippen molar-refractivity contribution >= 4 is 29.2 Å². The van der Waals surface area contributed by atoms with E-state index in [2.05, 4.69) is 9.88 Å². The van der Waals surface area contributed by atoms with Crippen molar-refractivity contribution in [3.8, 4) is 5.19 Å². The van der Waals surface area contributed by atoms with E-state index in [0.717, 1.165) is 42.5 Å². The SMILES string of the molecule is CC(C)C1(C(=O)N2CCc3nc(OC4CCN(C5CCC5)CC4)sc3C2)OC(=O)C(O)C(O)C(=O)O1. The molecule has 2 unspecified atom stereocenters. The van der Waals surface area contributed by atoms with Crippen LogP contribution in [0.4, 0.5) is 0 Å². The molecule has 1 aromatic rings. The summed E-state index contributed by atoms with van der Waals surface area (Å²) in [5.41, 5.74) is 0.866. The quantitative estimate of drug-likeness (QED) is 0.528. The van der Waals surface area contributed by atoms with E-state index in [-0.39, 0.29) is 19.2 Å². The predicted octanol–water partition coefficient (Wildman–Crippen LogP) is 0.598. The van der Waals surface area contributed by atoms with Crippen molar-refractivity contribution < 1.29 is 38.8 Å². The van der Waals surface area contributed by atoms with E-state index in [0.29, 0.717) is 11.6 Å². The van der Waals surface area contributed by atoms with E-state index in [1.807, 2.05) is 0 Å². The van der Waals surface area contributed by atoms with Gasteiger partial charge >= 0.3 is 23.6 Å². The van der Waals surface area contributed by atoms with Gasteiger partial charge in [0, 0.05) is 38.0 Å². The molecule has 198 valence electrons. The maximum Gasteiger partial charge on any atom is 0.342 e. The normalized spacial score (nSPS) is 30.3. The number of likely N-dealkylation sites (tertiary alicyclic amines) is 1. The standard InChI is InChI=1S/C24H33N3O8S/c1-13(2)24(34-20(30)18(28)19(29)21(31)35-24)22(32)27-11-8-16-17(12-27)36-23(25-16)33-15-6-9-26(10-7-15)14-4-3-5-14/h13-15,18-19,28-29H,3-12H2,1-2H3. The maximum atomic E-state index is 13.6. The van der Waals surface area contributed by atoms with Crippen molar-refractivity contribution in [1.29, 1.82) is 0 Å². The number of hydrogen-bond donors (Lipinski definition) is 2. The first-order valence-electron chi connectivity index (χ1n) is 12.7. The summed E-state index contributed by atoms with van der Waals surface area (Å²) in [4.78, 5) is 47.7. The van der Waals surface area contributed by atoms with Gasteiger partial charge < -0.3 is 34.2 Å². The van der Waals surface area contributed by atoms with Crippen LogP contribution < -0.4 is 4.74 Å². The highest BCUT2D eigenvalue weighted by Crippen LogP contribution is 2.36. The lowest BCUT2D eigenvalue weighted by atomic mass is 9.90. The minimum atomic E-state index is -2.28. The van der Waals surface area contributed by atoms with Gasteiger partial charge in [-0.25, -0.2) is 14.6 Å². The molecule has 1 aliphatic carbocycles. The number of aliphatic hydroxyl groups is 2. The van der Waals surface area contributed by atoms with Crippen LogP contribution in [0.3, 0.4) is 0 Å². The minimum absolute atomic E-state index is 0.124. The molecule has 4 aliphatic rings. The van der Waals surface area contributed by atoms with Crippen molar-refractivity contribution in [3.05, 3.63) is 10.6 Å². The Morgan fingerprint density at radius 1 is 1.08 bits per heavy atom. The smallest absolute Gasteiger partial charge is 0.342 e. The van der Waals surface area contributed by atoms with Crippen LogP contribution in [0.25, 0.3) is 0 Å². The summed E-state index contributed by atoms with van der Waals surface area (Å²) >= 11 is 1.40. The molecule has 36 heavy (non-hydrogen) atoms. The van der Waals surface area contributed by atoms with Crippen molar-refractivity contribution in [2.45, 2.75) is 89.1 Å². The predicted molar refractivity (Wildman–Crippen MR) is 126 cm³/mol. The van der Waals surface area contributed by atoms with Gasteiger partial charge in [0.2, 0.25) is 0 Å². The van der Waals surface area contributed by atoms with Gasteiger partial charge in [0.1, 0.15) is 6.10 Å². The summed E-state index contributed by atoms with van der Waals surface area (Å²) in [7, 11) is 0. The highest BCUT2D eigenvalue weighted by atomic mass is 32.1. The van der Waals surface area contributed by atoms with Gasteiger partial charge in [0.05, 0.1) is 17.1 Å². The second-order valence-corrected chi connectivity index (χ2v) is 11.4. The molecule has 0 spiro atoms. The number of esters is 2. The lowest BCUT2D eigenvalue weighted by Gasteiger charge is -2.41. The van der Waals surface area contributed by atoms with E-state index in [4.69, 9.17) is 14.2 Å². The van der Waals surface area contributed by atoms with Crippen molar-refractivity contribution in [1.82, 2.24) is 14.8 Å². The topological polar surface area (TPSA) is 139 Å². The number of fused-ring (bicyclic) bond motifs is 1. The lowest BCUT2D eigenvalue weighted by molar-refractivity contribution is -0.242. The largest absolute Gasteiger partial charge is 0.467 e. The molecule has 3 aliphatic heterocycles. The fourth-order valence-corrected chi connectivity index (χ4v) is 6.17. The first-order chi connectivity index (χ1) is 17.2. The van der Waals surface area contributed by atoms with Gasteiger partial charge in [-0.3, -0.25) is 4.79 Å². The number of rotatable bonds is 5. The highest BCUT2D eigenvalue weighted by Gasteiger charge is 2.57. The number of hydrogen-bond acceptors (Lipinski definition) is 11. The first kappa shape index (κ1) is 25.4. The number of cyclic esters (lactones) is 2. The van der Waals surface area contributed by atoms with Crippen LogP contribution in [0.15, 0.2) is 0 Å². The number of aromatic nitrogens is 1. The molecule has 11 nitrogen and oxygen atoms in total. The molecule has 0 radical (unpaired) electrons. The fourth-order valence-electron chi connectivity index (χ4n) is 5.14. The van der Waals surface area contributed by atoms with E-state index in [1.54, 1.807) is 13.8 Å². The molecule has 0 aromatic carbocycles. The highest BCUT2D eigenvalue weighted by molar-refractivity contribution is 7.13. The Labute approximate surface area is 213 Å². The van der Waals surface area contributed by atoms with Gasteiger partial charge in [-0.05, 0) is 25.7 Å². The number of amides is 1. The van der Waals surface area contributed by atoms with E-state index in [9.17, 15) is 24.6 Å². The molecule has 3 fully saturated rings. The van der Waals surface area contributed by atoms with Crippen molar-refractivity contribution in [3.63, 3.8) is 0 Å². The first-order valence-corrected chi connectivity index (χ1v) is 13.5. The second-order valence-electron chi connectivity index (χ2n) is 10.3. The molecule has 4 heterocycles. The van der Waals surface area contributed by atoms with Crippen LogP contribution in [-0.2, 0) is 36.8 Å². The number of piperidine rings is 1. The van der Waals surface area contributed by atoms with E-state index in [1.165, 1.54) is 35.5 Å².